The highest BCUT2D eigenvalue weighted by Gasteiger charge is 2.60. The van der Waals surface area contributed by atoms with E-state index in [1.54, 1.807) is 6.08 Å². The summed E-state index contributed by atoms with van der Waals surface area (Å²) in [5, 5.41) is 11.4. The number of ketones is 1. The fourth-order valence-electron chi connectivity index (χ4n) is 6.12. The molecular weight excluding hydrogens is 316 g/mol. The van der Waals surface area contributed by atoms with Crippen molar-refractivity contribution in [2.24, 2.45) is 22.7 Å². The lowest BCUT2D eigenvalue weighted by Crippen LogP contribution is -2.59. The Morgan fingerprint density at radius 2 is 1.92 bits per heavy atom. The van der Waals surface area contributed by atoms with Crippen molar-refractivity contribution >= 4 is 11.8 Å². The predicted molar refractivity (Wildman–Crippen MR) is 95.8 cm³/mol. The molecule has 4 heteroatoms. The van der Waals surface area contributed by atoms with Gasteiger partial charge in [-0.2, -0.15) is 0 Å². The summed E-state index contributed by atoms with van der Waals surface area (Å²) in [7, 11) is 1.27. The molecule has 0 aromatic rings. The van der Waals surface area contributed by atoms with Gasteiger partial charge in [-0.15, -0.1) is 0 Å². The standard InChI is InChI=1S/C21H30O4/c1-13(18(23)25-5)14-12-21(24)10-7-16-19(2,3)8-6-9-20(16,4)17(21)11-15(14)22/h12,16-17,24H,1,6-11H2,2-5H3/t16-,17+,20-,21-/m1/s1. The van der Waals surface area contributed by atoms with Crippen LogP contribution in [-0.4, -0.2) is 29.6 Å². The summed E-state index contributed by atoms with van der Waals surface area (Å²) in [4.78, 5) is 24.6. The van der Waals surface area contributed by atoms with Crippen LogP contribution in [0, 0.1) is 22.7 Å². The smallest absolute Gasteiger partial charge is 0.337 e. The molecule has 0 spiro atoms. The highest BCUT2D eigenvalue weighted by atomic mass is 16.5. The average molecular weight is 346 g/mol. The number of Topliss-reactive ketones (excluding diaryl/α,β-unsaturated/α-hetero) is 1. The van der Waals surface area contributed by atoms with Gasteiger partial charge >= 0.3 is 5.97 Å². The Balaban J connectivity index is 2.01. The van der Waals surface area contributed by atoms with Gasteiger partial charge in [0.15, 0.2) is 5.78 Å². The van der Waals surface area contributed by atoms with E-state index in [0.717, 1.165) is 19.3 Å². The Morgan fingerprint density at radius 3 is 2.56 bits per heavy atom. The number of rotatable bonds is 2. The summed E-state index contributed by atoms with van der Waals surface area (Å²) in [6, 6.07) is 0. The van der Waals surface area contributed by atoms with Crippen LogP contribution in [0.3, 0.4) is 0 Å². The maximum Gasteiger partial charge on any atom is 0.337 e. The molecule has 0 heterocycles. The topological polar surface area (TPSA) is 63.6 Å². The van der Waals surface area contributed by atoms with E-state index in [9.17, 15) is 14.7 Å². The molecule has 3 aliphatic carbocycles. The van der Waals surface area contributed by atoms with Gasteiger partial charge in [0.1, 0.15) is 0 Å². The highest BCUT2D eigenvalue weighted by Crippen LogP contribution is 2.64. The molecule has 0 aromatic carbocycles. The summed E-state index contributed by atoms with van der Waals surface area (Å²) >= 11 is 0. The number of carbonyl (C=O) groups is 2. The molecule has 2 saturated carbocycles. The zero-order valence-corrected chi connectivity index (χ0v) is 15.9. The molecule has 0 amide bonds. The molecule has 2 fully saturated rings. The number of hydrogen-bond acceptors (Lipinski definition) is 4. The molecule has 1 N–H and O–H groups in total. The molecule has 0 bridgehead atoms. The minimum Gasteiger partial charge on any atom is -0.465 e. The van der Waals surface area contributed by atoms with Crippen molar-refractivity contribution in [2.45, 2.75) is 64.9 Å². The lowest BCUT2D eigenvalue weighted by atomic mass is 9.44. The first-order valence-electron chi connectivity index (χ1n) is 9.31. The Morgan fingerprint density at radius 1 is 1.24 bits per heavy atom. The molecule has 0 saturated heterocycles. The van der Waals surface area contributed by atoms with Gasteiger partial charge in [-0.3, -0.25) is 4.79 Å². The summed E-state index contributed by atoms with van der Waals surface area (Å²) in [6.45, 7) is 10.6. The maximum atomic E-state index is 12.8. The third-order valence-corrected chi connectivity index (χ3v) is 7.35. The van der Waals surface area contributed by atoms with Crippen LogP contribution in [-0.2, 0) is 14.3 Å². The Labute approximate surface area is 150 Å². The number of carbonyl (C=O) groups excluding carboxylic acids is 2. The van der Waals surface area contributed by atoms with E-state index < -0.39 is 11.6 Å². The number of esters is 1. The number of aliphatic hydroxyl groups is 1. The maximum absolute atomic E-state index is 12.8. The molecule has 3 aliphatic rings. The van der Waals surface area contributed by atoms with Gasteiger partial charge in [-0.05, 0) is 48.5 Å². The Bertz CT molecular complexity index is 659. The van der Waals surface area contributed by atoms with Crippen molar-refractivity contribution in [3.8, 4) is 0 Å². The molecular formula is C21H30O4. The van der Waals surface area contributed by atoms with E-state index in [1.807, 2.05) is 0 Å². The quantitative estimate of drug-likeness (QED) is 0.613. The van der Waals surface area contributed by atoms with Gasteiger partial charge in [0, 0.05) is 17.9 Å². The SMILES string of the molecule is C=C(C(=O)OC)C1=C[C@]2(O)CC[C@@H]3C(C)(C)CCC[C@@]3(C)[C@@H]2CC1=O. The van der Waals surface area contributed by atoms with E-state index in [0.29, 0.717) is 12.3 Å². The van der Waals surface area contributed by atoms with Gasteiger partial charge in [0.2, 0.25) is 0 Å². The normalized spacial score (nSPS) is 39.7. The van der Waals surface area contributed by atoms with Crippen LogP contribution >= 0.6 is 0 Å². The predicted octanol–water partition coefficient (Wildman–Crippen LogP) is 3.59. The molecule has 0 unspecified atom stereocenters. The van der Waals surface area contributed by atoms with Crippen LogP contribution in [0.1, 0.15) is 59.3 Å². The highest BCUT2D eigenvalue weighted by molar-refractivity contribution is 6.10. The molecule has 0 radical (unpaired) electrons. The first kappa shape index (κ1) is 18.4. The molecule has 4 nitrogen and oxygen atoms in total. The first-order chi connectivity index (χ1) is 11.5. The van der Waals surface area contributed by atoms with E-state index in [2.05, 4.69) is 27.4 Å². The van der Waals surface area contributed by atoms with Crippen LogP contribution in [0.5, 0.6) is 0 Å². The zero-order chi connectivity index (χ0) is 18.6. The van der Waals surface area contributed by atoms with E-state index in [4.69, 9.17) is 4.74 Å². The van der Waals surface area contributed by atoms with Crippen LogP contribution < -0.4 is 0 Å². The Hall–Kier alpha value is -1.42. The van der Waals surface area contributed by atoms with E-state index in [-0.39, 0.29) is 40.1 Å². The molecule has 3 rings (SSSR count). The van der Waals surface area contributed by atoms with Crippen LogP contribution in [0.15, 0.2) is 23.8 Å². The summed E-state index contributed by atoms with van der Waals surface area (Å²) < 4.78 is 4.70. The number of ether oxygens (including phenoxy) is 1. The monoisotopic (exact) mass is 346 g/mol. The molecule has 0 aliphatic heterocycles. The fourth-order valence-corrected chi connectivity index (χ4v) is 6.12. The fraction of sp³-hybridized carbons (Fsp3) is 0.714. The van der Waals surface area contributed by atoms with Gasteiger partial charge in [-0.1, -0.05) is 33.8 Å². The third-order valence-electron chi connectivity index (χ3n) is 7.35. The second-order valence-corrected chi connectivity index (χ2v) is 9.14. The summed E-state index contributed by atoms with van der Waals surface area (Å²) in [5.41, 5.74) is -0.576. The van der Waals surface area contributed by atoms with Crippen molar-refractivity contribution in [3.05, 3.63) is 23.8 Å². The summed E-state index contributed by atoms with van der Waals surface area (Å²) in [6.07, 6.45) is 6.85. The third kappa shape index (κ3) is 2.69. The number of methoxy groups -OCH3 is 1. The van der Waals surface area contributed by atoms with Crippen LogP contribution in [0.25, 0.3) is 0 Å². The van der Waals surface area contributed by atoms with Crippen molar-refractivity contribution < 1.29 is 19.4 Å². The minimum atomic E-state index is -1.04. The summed E-state index contributed by atoms with van der Waals surface area (Å²) in [5.74, 6) is -0.304. The average Bonchev–Trinajstić information content (AvgIpc) is 2.53. The van der Waals surface area contributed by atoms with Crippen molar-refractivity contribution in [1.29, 1.82) is 0 Å². The largest absolute Gasteiger partial charge is 0.465 e. The molecule has 4 atom stereocenters. The minimum absolute atomic E-state index is 0.0515. The van der Waals surface area contributed by atoms with Crippen LogP contribution in [0.4, 0.5) is 0 Å². The molecule has 138 valence electrons. The number of hydrogen-bond donors (Lipinski definition) is 1. The van der Waals surface area contributed by atoms with Crippen LogP contribution in [0.2, 0.25) is 0 Å². The lowest BCUT2D eigenvalue weighted by molar-refractivity contribution is -0.164. The van der Waals surface area contributed by atoms with Gasteiger partial charge in [0.05, 0.1) is 18.3 Å². The van der Waals surface area contributed by atoms with Gasteiger partial charge in [-0.25, -0.2) is 4.79 Å². The second-order valence-electron chi connectivity index (χ2n) is 9.14. The van der Waals surface area contributed by atoms with Gasteiger partial charge < -0.3 is 9.84 Å². The molecule has 0 aromatic heterocycles. The first-order valence-corrected chi connectivity index (χ1v) is 9.31. The van der Waals surface area contributed by atoms with Crippen molar-refractivity contribution in [2.75, 3.05) is 7.11 Å². The zero-order valence-electron chi connectivity index (χ0n) is 15.9. The number of fused-ring (bicyclic) bond motifs is 3. The van der Waals surface area contributed by atoms with E-state index >= 15 is 0 Å². The van der Waals surface area contributed by atoms with E-state index in [1.165, 1.54) is 13.5 Å². The van der Waals surface area contributed by atoms with Gasteiger partial charge in [0.25, 0.3) is 0 Å². The lowest BCUT2D eigenvalue weighted by Gasteiger charge is -2.62. The molecule has 25 heavy (non-hydrogen) atoms. The Kier molecular flexibility index (Phi) is 4.26. The second kappa shape index (κ2) is 5.80. The van der Waals surface area contributed by atoms with Crippen molar-refractivity contribution in [1.82, 2.24) is 0 Å². The van der Waals surface area contributed by atoms with Crippen molar-refractivity contribution in [3.63, 3.8) is 0 Å².